The summed E-state index contributed by atoms with van der Waals surface area (Å²) >= 11 is 0. The van der Waals surface area contributed by atoms with Crippen LogP contribution in [0.2, 0.25) is 0 Å². The number of hydrogen-bond donors (Lipinski definition) is 3. The zero-order valence-electron chi connectivity index (χ0n) is 12.0. The Hall–Kier alpha value is -3.22. The van der Waals surface area contributed by atoms with E-state index in [1.165, 1.54) is 12.1 Å². The van der Waals surface area contributed by atoms with Crippen molar-refractivity contribution in [2.24, 2.45) is 10.2 Å². The highest BCUT2D eigenvalue weighted by Crippen LogP contribution is 2.24. The molecule has 0 aliphatic rings. The van der Waals surface area contributed by atoms with Crippen molar-refractivity contribution in [2.45, 2.75) is 12.5 Å². The lowest BCUT2D eigenvalue weighted by atomic mass is 10.1. The molecule has 23 heavy (non-hydrogen) atoms. The first-order chi connectivity index (χ1) is 11.0. The lowest BCUT2D eigenvalue weighted by molar-refractivity contribution is -0.138. The number of aromatic carboxylic acids is 1. The van der Waals surface area contributed by atoms with Gasteiger partial charge in [-0.15, -0.1) is 0 Å². The molecule has 0 fully saturated rings. The summed E-state index contributed by atoms with van der Waals surface area (Å²) in [6, 6.07) is 11.6. The topological polar surface area (TPSA) is 120 Å². The van der Waals surface area contributed by atoms with Gasteiger partial charge in [0.05, 0.1) is 5.69 Å². The van der Waals surface area contributed by atoms with Crippen LogP contribution in [0.3, 0.4) is 0 Å². The van der Waals surface area contributed by atoms with E-state index in [2.05, 4.69) is 10.2 Å². The van der Waals surface area contributed by atoms with E-state index >= 15 is 0 Å². The van der Waals surface area contributed by atoms with Crippen molar-refractivity contribution in [3.8, 4) is 5.75 Å². The van der Waals surface area contributed by atoms with Crippen LogP contribution < -0.4 is 0 Å². The maximum Gasteiger partial charge on any atom is 0.339 e. The molecule has 1 atom stereocenters. The van der Waals surface area contributed by atoms with Crippen LogP contribution in [-0.4, -0.2) is 33.3 Å². The van der Waals surface area contributed by atoms with Gasteiger partial charge in [-0.2, -0.15) is 10.2 Å². The molecule has 0 saturated heterocycles. The van der Waals surface area contributed by atoms with Crippen LogP contribution in [0.5, 0.6) is 5.75 Å². The molecule has 2 aromatic rings. The second-order valence-corrected chi connectivity index (χ2v) is 4.77. The average Bonchev–Trinajstić information content (AvgIpc) is 2.53. The standard InChI is InChI=1S/C16H14N2O5/c19-14-7-6-11(9-12(14)15(20)21)17-18-13(16(22)23)8-10-4-2-1-3-5-10/h1-7,9,13,19H,8H2,(H,20,21)(H,22,23). The Morgan fingerprint density at radius 2 is 1.74 bits per heavy atom. The number of phenols is 1. The van der Waals surface area contributed by atoms with Gasteiger partial charge in [-0.3, -0.25) is 0 Å². The largest absolute Gasteiger partial charge is 0.507 e. The van der Waals surface area contributed by atoms with Gasteiger partial charge in [0.15, 0.2) is 6.04 Å². The van der Waals surface area contributed by atoms with Gasteiger partial charge < -0.3 is 15.3 Å². The number of aromatic hydroxyl groups is 1. The van der Waals surface area contributed by atoms with Gasteiger partial charge in [-0.1, -0.05) is 30.3 Å². The van der Waals surface area contributed by atoms with Crippen molar-refractivity contribution < 1.29 is 24.9 Å². The molecule has 7 nitrogen and oxygen atoms in total. The molecule has 2 aromatic carbocycles. The van der Waals surface area contributed by atoms with Crippen molar-refractivity contribution in [2.75, 3.05) is 0 Å². The number of azo groups is 1. The van der Waals surface area contributed by atoms with E-state index < -0.39 is 23.7 Å². The van der Waals surface area contributed by atoms with Gasteiger partial charge in [-0.25, -0.2) is 9.59 Å². The summed E-state index contributed by atoms with van der Waals surface area (Å²) in [5.74, 6) is -2.83. The van der Waals surface area contributed by atoms with Gasteiger partial charge >= 0.3 is 11.9 Å². The fraction of sp³-hybridized carbons (Fsp3) is 0.125. The van der Waals surface area contributed by atoms with Crippen molar-refractivity contribution in [3.05, 3.63) is 59.7 Å². The quantitative estimate of drug-likeness (QED) is 0.708. The molecule has 0 saturated carbocycles. The van der Waals surface area contributed by atoms with Crippen LogP contribution >= 0.6 is 0 Å². The number of nitrogens with zero attached hydrogens (tertiary/aromatic N) is 2. The highest BCUT2D eigenvalue weighted by Gasteiger charge is 2.17. The Morgan fingerprint density at radius 1 is 1.04 bits per heavy atom. The highest BCUT2D eigenvalue weighted by molar-refractivity contribution is 5.91. The van der Waals surface area contributed by atoms with Crippen LogP contribution in [0.25, 0.3) is 0 Å². The SMILES string of the molecule is O=C(O)c1cc(N=NC(Cc2ccccc2)C(=O)O)ccc1O. The van der Waals surface area contributed by atoms with Gasteiger partial charge in [0.1, 0.15) is 11.3 Å². The molecule has 2 rings (SSSR count). The van der Waals surface area contributed by atoms with Gasteiger partial charge in [0, 0.05) is 6.42 Å². The van der Waals surface area contributed by atoms with Crippen molar-refractivity contribution in [3.63, 3.8) is 0 Å². The second-order valence-electron chi connectivity index (χ2n) is 4.77. The minimum atomic E-state index is -1.31. The average molecular weight is 314 g/mol. The number of hydrogen-bond acceptors (Lipinski definition) is 5. The molecule has 3 N–H and O–H groups in total. The van der Waals surface area contributed by atoms with E-state index in [0.29, 0.717) is 0 Å². The number of carboxylic acids is 2. The zero-order valence-corrected chi connectivity index (χ0v) is 12.0. The number of carbonyl (C=O) groups is 2. The van der Waals surface area contributed by atoms with E-state index in [4.69, 9.17) is 5.11 Å². The van der Waals surface area contributed by atoms with Crippen molar-refractivity contribution in [1.29, 1.82) is 0 Å². The predicted molar refractivity (Wildman–Crippen MR) is 81.2 cm³/mol. The first kappa shape index (κ1) is 16.2. The second kappa shape index (κ2) is 7.17. The monoisotopic (exact) mass is 314 g/mol. The fourth-order valence-electron chi connectivity index (χ4n) is 1.91. The Kier molecular flexibility index (Phi) is 5.03. The van der Waals surface area contributed by atoms with Crippen LogP contribution in [0.4, 0.5) is 5.69 Å². The van der Waals surface area contributed by atoms with Crippen molar-refractivity contribution in [1.82, 2.24) is 0 Å². The van der Waals surface area contributed by atoms with E-state index in [1.54, 1.807) is 24.3 Å². The molecule has 118 valence electrons. The summed E-state index contributed by atoms with van der Waals surface area (Å²) in [4.78, 5) is 22.2. The fourth-order valence-corrected chi connectivity index (χ4v) is 1.91. The van der Waals surface area contributed by atoms with Crippen molar-refractivity contribution >= 4 is 17.6 Å². The first-order valence-corrected chi connectivity index (χ1v) is 6.71. The Morgan fingerprint density at radius 3 is 2.35 bits per heavy atom. The number of aliphatic carboxylic acids is 1. The molecular formula is C16H14N2O5. The summed E-state index contributed by atoms with van der Waals surface area (Å²) < 4.78 is 0. The van der Waals surface area contributed by atoms with E-state index in [0.717, 1.165) is 11.6 Å². The Labute approximate surface area is 131 Å². The molecule has 0 bridgehead atoms. The molecule has 7 heteroatoms. The summed E-state index contributed by atoms with van der Waals surface area (Å²) in [5.41, 5.74) is 0.631. The summed E-state index contributed by atoms with van der Waals surface area (Å²) in [6.45, 7) is 0. The van der Waals surface area contributed by atoms with Crippen LogP contribution in [-0.2, 0) is 11.2 Å². The normalized spacial score (nSPS) is 12.2. The molecule has 0 amide bonds. The Bertz CT molecular complexity index is 743. The summed E-state index contributed by atoms with van der Waals surface area (Å²) in [6.07, 6.45) is 0.170. The van der Waals surface area contributed by atoms with E-state index in [-0.39, 0.29) is 17.7 Å². The molecule has 0 heterocycles. The van der Waals surface area contributed by atoms with E-state index in [1.807, 2.05) is 6.07 Å². The predicted octanol–water partition coefficient (Wildman–Crippen LogP) is 2.87. The third-order valence-electron chi connectivity index (χ3n) is 3.08. The number of rotatable bonds is 6. The van der Waals surface area contributed by atoms with Gasteiger partial charge in [0.25, 0.3) is 0 Å². The minimum absolute atomic E-state index is 0.152. The smallest absolute Gasteiger partial charge is 0.339 e. The van der Waals surface area contributed by atoms with E-state index in [9.17, 15) is 19.8 Å². The molecule has 0 aliphatic heterocycles. The summed E-state index contributed by atoms with van der Waals surface area (Å²) in [7, 11) is 0. The van der Waals surface area contributed by atoms with Crippen LogP contribution in [0, 0.1) is 0 Å². The third kappa shape index (κ3) is 4.37. The lowest BCUT2D eigenvalue weighted by Gasteiger charge is -2.06. The molecule has 1 unspecified atom stereocenters. The lowest BCUT2D eigenvalue weighted by Crippen LogP contribution is -2.20. The maximum absolute atomic E-state index is 11.3. The maximum atomic E-state index is 11.3. The molecule has 0 radical (unpaired) electrons. The van der Waals surface area contributed by atoms with Crippen LogP contribution in [0.15, 0.2) is 58.8 Å². The number of carboxylic acid groups (broad SMARTS) is 2. The first-order valence-electron chi connectivity index (χ1n) is 6.71. The third-order valence-corrected chi connectivity index (χ3v) is 3.08. The number of benzene rings is 2. The zero-order chi connectivity index (χ0) is 16.8. The van der Waals surface area contributed by atoms with Crippen LogP contribution in [0.1, 0.15) is 15.9 Å². The molecule has 0 aliphatic carbocycles. The summed E-state index contributed by atoms with van der Waals surface area (Å²) in [5, 5.41) is 35.1. The minimum Gasteiger partial charge on any atom is -0.507 e. The van der Waals surface area contributed by atoms with Gasteiger partial charge in [0.2, 0.25) is 0 Å². The molecular weight excluding hydrogens is 300 g/mol. The molecule has 0 spiro atoms. The van der Waals surface area contributed by atoms with Gasteiger partial charge in [-0.05, 0) is 23.8 Å². The Balaban J connectivity index is 2.20. The molecule has 0 aromatic heterocycles. The highest BCUT2D eigenvalue weighted by atomic mass is 16.4.